The second-order valence-electron chi connectivity index (χ2n) is 4.71. The minimum absolute atomic E-state index is 0.125. The van der Waals surface area contributed by atoms with Crippen molar-refractivity contribution >= 4 is 11.5 Å². The predicted molar refractivity (Wildman–Crippen MR) is 75.4 cm³/mol. The first-order chi connectivity index (χ1) is 9.20. The van der Waals surface area contributed by atoms with Gasteiger partial charge in [-0.3, -0.25) is 0 Å². The number of nitrogens with zero attached hydrogens (tertiary/aromatic N) is 2. The molecule has 0 bridgehead atoms. The number of nitrogens with two attached hydrogens (primary N) is 1. The fraction of sp³-hybridized carbons (Fsp3) is 0.357. The van der Waals surface area contributed by atoms with Gasteiger partial charge in [-0.1, -0.05) is 18.2 Å². The van der Waals surface area contributed by atoms with Crippen molar-refractivity contribution in [3.63, 3.8) is 0 Å². The minimum Gasteiger partial charge on any atom is -0.491 e. The maximum atomic E-state index is 6.09. The molecule has 1 atom stereocenters. The van der Waals surface area contributed by atoms with E-state index in [4.69, 9.17) is 10.5 Å². The zero-order valence-corrected chi connectivity index (χ0v) is 11.2. The van der Waals surface area contributed by atoms with Gasteiger partial charge >= 0.3 is 0 Å². The maximum absolute atomic E-state index is 6.09. The Morgan fingerprint density at radius 2 is 2.26 bits per heavy atom. The zero-order chi connectivity index (χ0) is 13.4. The van der Waals surface area contributed by atoms with Crippen LogP contribution in [0, 0.1) is 6.92 Å². The van der Waals surface area contributed by atoms with E-state index >= 15 is 0 Å². The van der Waals surface area contributed by atoms with E-state index in [1.165, 1.54) is 5.56 Å². The molecule has 0 fully saturated rings. The third-order valence-corrected chi connectivity index (χ3v) is 3.48. The van der Waals surface area contributed by atoms with Crippen molar-refractivity contribution in [2.75, 3.05) is 17.7 Å². The summed E-state index contributed by atoms with van der Waals surface area (Å²) in [6.45, 7) is 5.38. The molecule has 1 aliphatic heterocycles. The highest BCUT2D eigenvalue weighted by Crippen LogP contribution is 2.35. The summed E-state index contributed by atoms with van der Waals surface area (Å²) in [6, 6.07) is 8.20. The predicted octanol–water partition coefficient (Wildman–Crippen LogP) is 2.34. The van der Waals surface area contributed by atoms with E-state index in [1.807, 2.05) is 29.8 Å². The molecule has 0 saturated carbocycles. The Balaban J connectivity index is 1.91. The van der Waals surface area contributed by atoms with Gasteiger partial charge in [-0.05, 0) is 19.9 Å². The van der Waals surface area contributed by atoms with E-state index < -0.39 is 0 Å². The van der Waals surface area contributed by atoms with E-state index in [2.05, 4.69) is 23.4 Å². The van der Waals surface area contributed by atoms with Gasteiger partial charge in [0, 0.05) is 12.1 Å². The van der Waals surface area contributed by atoms with Crippen LogP contribution >= 0.6 is 0 Å². The van der Waals surface area contributed by atoms with Gasteiger partial charge in [0.05, 0.1) is 17.4 Å². The molecule has 5 nitrogen and oxygen atoms in total. The zero-order valence-electron chi connectivity index (χ0n) is 11.2. The molecule has 0 saturated heterocycles. The summed E-state index contributed by atoms with van der Waals surface area (Å²) >= 11 is 0. The van der Waals surface area contributed by atoms with Gasteiger partial charge < -0.3 is 15.8 Å². The molecule has 5 heteroatoms. The van der Waals surface area contributed by atoms with Crippen LogP contribution in [0.15, 0.2) is 24.3 Å². The number of ether oxygens (including phenoxy) is 1. The topological polar surface area (TPSA) is 65.1 Å². The van der Waals surface area contributed by atoms with Crippen LogP contribution in [0.5, 0.6) is 5.75 Å². The number of nitrogen functional groups attached to an aromatic ring is 1. The smallest absolute Gasteiger partial charge is 0.148 e. The van der Waals surface area contributed by atoms with Crippen LogP contribution in [0.1, 0.15) is 24.2 Å². The Bertz CT molecular complexity index is 605. The van der Waals surface area contributed by atoms with Crippen LogP contribution in [0.4, 0.5) is 11.5 Å². The molecule has 1 aliphatic rings. The molecule has 3 rings (SSSR count). The van der Waals surface area contributed by atoms with Gasteiger partial charge in [-0.25, -0.2) is 4.68 Å². The van der Waals surface area contributed by atoms with Crippen LogP contribution in [-0.2, 0) is 6.54 Å². The Morgan fingerprint density at radius 1 is 1.47 bits per heavy atom. The fourth-order valence-corrected chi connectivity index (χ4v) is 2.42. The summed E-state index contributed by atoms with van der Waals surface area (Å²) in [5.41, 5.74) is 8.83. The van der Waals surface area contributed by atoms with Crippen molar-refractivity contribution in [2.45, 2.75) is 26.4 Å². The van der Waals surface area contributed by atoms with Crippen LogP contribution in [-0.4, -0.2) is 16.4 Å². The number of fused-ring (bicyclic) bond motifs is 1. The van der Waals surface area contributed by atoms with Crippen molar-refractivity contribution in [1.82, 2.24) is 9.78 Å². The molecule has 2 heterocycles. The molecule has 1 unspecified atom stereocenters. The van der Waals surface area contributed by atoms with Gasteiger partial charge in [-0.15, -0.1) is 0 Å². The van der Waals surface area contributed by atoms with Crippen LogP contribution in [0.25, 0.3) is 0 Å². The highest BCUT2D eigenvalue weighted by atomic mass is 16.5. The summed E-state index contributed by atoms with van der Waals surface area (Å²) in [6.07, 6.45) is 0. The summed E-state index contributed by atoms with van der Waals surface area (Å²) < 4.78 is 7.56. The van der Waals surface area contributed by atoms with Crippen LogP contribution in [0.3, 0.4) is 0 Å². The Morgan fingerprint density at radius 3 is 3.05 bits per heavy atom. The highest BCUT2D eigenvalue weighted by molar-refractivity contribution is 5.66. The molecule has 0 radical (unpaired) electrons. The van der Waals surface area contributed by atoms with Crippen molar-refractivity contribution in [3.05, 3.63) is 35.5 Å². The van der Waals surface area contributed by atoms with Crippen molar-refractivity contribution in [1.29, 1.82) is 0 Å². The van der Waals surface area contributed by atoms with Crippen molar-refractivity contribution in [2.24, 2.45) is 0 Å². The summed E-state index contributed by atoms with van der Waals surface area (Å²) in [7, 11) is 0. The van der Waals surface area contributed by atoms with Crippen molar-refractivity contribution < 1.29 is 4.74 Å². The molecule has 2 aromatic rings. The molecule has 1 aromatic heterocycles. The van der Waals surface area contributed by atoms with Crippen LogP contribution < -0.4 is 15.8 Å². The largest absolute Gasteiger partial charge is 0.491 e. The number of anilines is 2. The number of aromatic nitrogens is 2. The first kappa shape index (κ1) is 11.9. The number of benzene rings is 1. The normalized spacial score (nSPS) is 17.1. The van der Waals surface area contributed by atoms with Gasteiger partial charge in [0.15, 0.2) is 0 Å². The minimum atomic E-state index is 0.125. The lowest BCUT2D eigenvalue weighted by Gasteiger charge is -2.14. The highest BCUT2D eigenvalue weighted by Gasteiger charge is 2.25. The molecule has 0 aliphatic carbocycles. The molecule has 19 heavy (non-hydrogen) atoms. The monoisotopic (exact) mass is 258 g/mol. The molecule has 0 spiro atoms. The molecule has 0 amide bonds. The van der Waals surface area contributed by atoms with E-state index in [0.717, 1.165) is 23.8 Å². The second-order valence-corrected chi connectivity index (χ2v) is 4.71. The SMILES string of the molecule is CCn1nc(C)c(N)c1NC1COc2ccccc21. The number of hydrogen-bond donors (Lipinski definition) is 2. The van der Waals surface area contributed by atoms with E-state index in [1.54, 1.807) is 0 Å². The number of hydrogen-bond acceptors (Lipinski definition) is 4. The van der Waals surface area contributed by atoms with Gasteiger partial charge in [0.1, 0.15) is 18.2 Å². The standard InChI is InChI=1S/C14H18N4O/c1-3-18-14(13(15)9(2)17-18)16-11-8-19-12-7-5-4-6-10(11)12/h4-7,11,16H,3,8,15H2,1-2H3. The summed E-state index contributed by atoms with van der Waals surface area (Å²) in [5, 5.41) is 7.87. The molecule has 1 aromatic carbocycles. The van der Waals surface area contributed by atoms with Crippen LogP contribution in [0.2, 0.25) is 0 Å². The second kappa shape index (κ2) is 4.50. The number of nitrogens with one attached hydrogen (secondary N) is 1. The van der Waals surface area contributed by atoms with Crippen molar-refractivity contribution in [3.8, 4) is 5.75 Å². The van der Waals surface area contributed by atoms with E-state index in [0.29, 0.717) is 12.3 Å². The Labute approximate surface area is 112 Å². The Kier molecular flexibility index (Phi) is 2.81. The number of rotatable bonds is 3. The average molecular weight is 258 g/mol. The average Bonchev–Trinajstić information content (AvgIpc) is 2.95. The number of aryl methyl sites for hydroxylation is 2. The van der Waals surface area contributed by atoms with Gasteiger partial charge in [0.2, 0.25) is 0 Å². The summed E-state index contributed by atoms with van der Waals surface area (Å²) in [5.74, 6) is 1.82. The third-order valence-electron chi connectivity index (χ3n) is 3.48. The molecular weight excluding hydrogens is 240 g/mol. The quantitative estimate of drug-likeness (QED) is 0.887. The van der Waals surface area contributed by atoms with E-state index in [9.17, 15) is 0 Å². The molecular formula is C14H18N4O. The first-order valence-electron chi connectivity index (χ1n) is 6.51. The van der Waals surface area contributed by atoms with Gasteiger partial charge in [0.25, 0.3) is 0 Å². The lowest BCUT2D eigenvalue weighted by Crippen LogP contribution is -2.16. The fourth-order valence-electron chi connectivity index (χ4n) is 2.42. The summed E-state index contributed by atoms with van der Waals surface area (Å²) in [4.78, 5) is 0. The van der Waals surface area contributed by atoms with Gasteiger partial charge in [-0.2, -0.15) is 5.10 Å². The molecule has 3 N–H and O–H groups in total. The lowest BCUT2D eigenvalue weighted by atomic mass is 10.1. The lowest BCUT2D eigenvalue weighted by molar-refractivity contribution is 0.339. The number of para-hydroxylation sites is 1. The molecule has 100 valence electrons. The first-order valence-corrected chi connectivity index (χ1v) is 6.51. The third kappa shape index (κ3) is 1.91. The Hall–Kier alpha value is -2.17. The van der Waals surface area contributed by atoms with E-state index in [-0.39, 0.29) is 6.04 Å². The maximum Gasteiger partial charge on any atom is 0.148 e.